The molecule has 0 radical (unpaired) electrons. The van der Waals surface area contributed by atoms with E-state index in [0.717, 1.165) is 11.3 Å². The van der Waals surface area contributed by atoms with Gasteiger partial charge in [0, 0.05) is 19.2 Å². The van der Waals surface area contributed by atoms with Crippen LogP contribution in [0, 0.1) is 0 Å². The molecule has 1 aliphatic rings. The minimum absolute atomic E-state index is 0. The minimum Gasteiger partial charge on any atom is -0.468 e. The zero-order valence-corrected chi connectivity index (χ0v) is 10.0. The summed E-state index contributed by atoms with van der Waals surface area (Å²) in [4.78, 5) is 11.3. The molecule has 1 aromatic heterocycles. The highest BCUT2D eigenvalue weighted by Crippen LogP contribution is 2.24. The molecule has 7 heteroatoms. The molecular formula is C8H13Cl2N3O2. The Bertz CT molecular complexity index is 354. The first-order valence-corrected chi connectivity index (χ1v) is 4.06. The van der Waals surface area contributed by atoms with E-state index < -0.39 is 0 Å². The van der Waals surface area contributed by atoms with Crippen molar-refractivity contribution in [3.8, 4) is 0 Å². The van der Waals surface area contributed by atoms with Gasteiger partial charge in [0.1, 0.15) is 6.04 Å². The van der Waals surface area contributed by atoms with Crippen LogP contribution in [-0.4, -0.2) is 22.9 Å². The zero-order valence-electron chi connectivity index (χ0n) is 8.39. The van der Waals surface area contributed by atoms with Crippen molar-refractivity contribution >= 4 is 30.8 Å². The van der Waals surface area contributed by atoms with E-state index in [1.54, 1.807) is 10.9 Å². The minimum atomic E-state index is -0.339. The molecule has 0 amide bonds. The quantitative estimate of drug-likeness (QED) is 0.745. The van der Waals surface area contributed by atoms with Gasteiger partial charge in [0.15, 0.2) is 0 Å². The van der Waals surface area contributed by atoms with Crippen LogP contribution in [0.4, 0.5) is 0 Å². The molecule has 1 atom stereocenters. The van der Waals surface area contributed by atoms with Crippen molar-refractivity contribution in [2.75, 3.05) is 7.11 Å². The average Bonchev–Trinajstić information content (AvgIpc) is 2.68. The number of methoxy groups -OCH3 is 1. The lowest BCUT2D eigenvalue weighted by Gasteiger charge is -2.06. The van der Waals surface area contributed by atoms with Crippen LogP contribution in [0.5, 0.6) is 0 Å². The number of nitrogens with zero attached hydrogens (tertiary/aromatic N) is 2. The highest BCUT2D eigenvalue weighted by molar-refractivity contribution is 5.85. The van der Waals surface area contributed by atoms with E-state index in [1.807, 2.05) is 7.05 Å². The largest absolute Gasteiger partial charge is 0.468 e. The number of aromatic nitrogens is 2. The number of hydrogen-bond donors (Lipinski definition) is 1. The number of carbonyl (C=O) groups is 1. The van der Waals surface area contributed by atoms with Gasteiger partial charge in [-0.2, -0.15) is 5.10 Å². The summed E-state index contributed by atoms with van der Waals surface area (Å²) >= 11 is 0. The number of esters is 1. The summed E-state index contributed by atoms with van der Waals surface area (Å²) in [5, 5.41) is 7.13. The molecule has 86 valence electrons. The van der Waals surface area contributed by atoms with Crippen molar-refractivity contribution in [3.63, 3.8) is 0 Å². The zero-order chi connectivity index (χ0) is 9.42. The van der Waals surface area contributed by atoms with Crippen molar-refractivity contribution in [2.24, 2.45) is 7.05 Å². The Hall–Kier alpha value is -0.780. The molecule has 5 nitrogen and oxygen atoms in total. The van der Waals surface area contributed by atoms with Gasteiger partial charge in [-0.05, 0) is 0 Å². The normalized spacial score (nSPS) is 17.3. The van der Waals surface area contributed by atoms with E-state index >= 15 is 0 Å². The van der Waals surface area contributed by atoms with Crippen molar-refractivity contribution in [2.45, 2.75) is 12.6 Å². The first-order valence-electron chi connectivity index (χ1n) is 4.06. The lowest BCUT2D eigenvalue weighted by Crippen LogP contribution is -2.23. The van der Waals surface area contributed by atoms with Gasteiger partial charge in [-0.1, -0.05) is 0 Å². The molecule has 1 aliphatic heterocycles. The van der Waals surface area contributed by atoms with Gasteiger partial charge >= 0.3 is 5.97 Å². The SMILES string of the molecule is COC(=O)C1NCc2c1cnn2C.Cl.Cl. The Morgan fingerprint density at radius 1 is 1.67 bits per heavy atom. The fourth-order valence-corrected chi connectivity index (χ4v) is 1.57. The third kappa shape index (κ3) is 2.25. The third-order valence-electron chi connectivity index (χ3n) is 2.32. The van der Waals surface area contributed by atoms with Gasteiger partial charge in [0.2, 0.25) is 0 Å². The number of fused-ring (bicyclic) bond motifs is 1. The number of ether oxygens (including phenoxy) is 1. The van der Waals surface area contributed by atoms with Crippen LogP contribution in [0.1, 0.15) is 17.3 Å². The van der Waals surface area contributed by atoms with E-state index in [1.165, 1.54) is 7.11 Å². The topological polar surface area (TPSA) is 56.1 Å². The Morgan fingerprint density at radius 3 is 2.93 bits per heavy atom. The van der Waals surface area contributed by atoms with Crippen molar-refractivity contribution in [1.82, 2.24) is 15.1 Å². The second kappa shape index (κ2) is 5.34. The second-order valence-electron chi connectivity index (χ2n) is 3.01. The summed E-state index contributed by atoms with van der Waals surface area (Å²) in [6.07, 6.45) is 1.71. The maximum Gasteiger partial charge on any atom is 0.327 e. The molecule has 0 fully saturated rings. The molecule has 1 aromatic rings. The van der Waals surface area contributed by atoms with Crippen LogP contribution in [-0.2, 0) is 23.1 Å². The summed E-state index contributed by atoms with van der Waals surface area (Å²) < 4.78 is 6.43. The highest BCUT2D eigenvalue weighted by Gasteiger charge is 2.31. The van der Waals surface area contributed by atoms with Crippen LogP contribution < -0.4 is 5.32 Å². The van der Waals surface area contributed by atoms with E-state index in [9.17, 15) is 4.79 Å². The molecule has 0 saturated heterocycles. The monoisotopic (exact) mass is 253 g/mol. The van der Waals surface area contributed by atoms with Crippen LogP contribution in [0.15, 0.2) is 6.20 Å². The molecule has 2 heterocycles. The van der Waals surface area contributed by atoms with Gasteiger partial charge in [-0.25, -0.2) is 4.79 Å². The maximum atomic E-state index is 11.3. The van der Waals surface area contributed by atoms with E-state index in [0.29, 0.717) is 6.54 Å². The van der Waals surface area contributed by atoms with Crippen molar-refractivity contribution in [1.29, 1.82) is 0 Å². The molecular weight excluding hydrogens is 241 g/mol. The lowest BCUT2D eigenvalue weighted by molar-refractivity contribution is -0.143. The predicted octanol–water partition coefficient (Wildman–Crippen LogP) is 0.581. The second-order valence-corrected chi connectivity index (χ2v) is 3.01. The third-order valence-corrected chi connectivity index (χ3v) is 2.32. The van der Waals surface area contributed by atoms with Gasteiger partial charge in [0.25, 0.3) is 0 Å². The Balaban J connectivity index is 0.000000980. The maximum absolute atomic E-state index is 11.3. The number of rotatable bonds is 1. The molecule has 1 N–H and O–H groups in total. The predicted molar refractivity (Wildman–Crippen MR) is 59.3 cm³/mol. The molecule has 0 bridgehead atoms. The fourth-order valence-electron chi connectivity index (χ4n) is 1.57. The van der Waals surface area contributed by atoms with Crippen LogP contribution >= 0.6 is 24.8 Å². The molecule has 0 aliphatic carbocycles. The smallest absolute Gasteiger partial charge is 0.327 e. The number of halogens is 2. The van der Waals surface area contributed by atoms with Crippen LogP contribution in [0.3, 0.4) is 0 Å². The van der Waals surface area contributed by atoms with E-state index in [4.69, 9.17) is 0 Å². The van der Waals surface area contributed by atoms with Crippen LogP contribution in [0.25, 0.3) is 0 Å². The van der Waals surface area contributed by atoms with Gasteiger partial charge in [-0.3, -0.25) is 10.00 Å². The Morgan fingerprint density at radius 2 is 2.33 bits per heavy atom. The molecule has 0 spiro atoms. The number of nitrogens with one attached hydrogen (secondary N) is 1. The van der Waals surface area contributed by atoms with Crippen LogP contribution in [0.2, 0.25) is 0 Å². The summed E-state index contributed by atoms with van der Waals surface area (Å²) in [6.45, 7) is 0.672. The summed E-state index contributed by atoms with van der Waals surface area (Å²) in [6, 6.07) is -0.339. The van der Waals surface area contributed by atoms with Gasteiger partial charge in [-0.15, -0.1) is 24.8 Å². The standard InChI is InChI=1S/C8H11N3O2.2ClH/c1-11-6-4-9-7(8(12)13-2)5(6)3-10-11;;/h3,7,9H,4H2,1-2H3;2*1H. The summed E-state index contributed by atoms with van der Waals surface area (Å²) in [7, 11) is 3.25. The van der Waals surface area contributed by atoms with Gasteiger partial charge in [0.05, 0.1) is 19.0 Å². The van der Waals surface area contributed by atoms with E-state index in [-0.39, 0.29) is 36.8 Å². The molecule has 0 aromatic carbocycles. The number of carbonyl (C=O) groups excluding carboxylic acids is 1. The summed E-state index contributed by atoms with van der Waals surface area (Å²) in [5.74, 6) is -0.258. The van der Waals surface area contributed by atoms with E-state index in [2.05, 4.69) is 15.2 Å². The highest BCUT2D eigenvalue weighted by atomic mass is 35.5. The number of aryl methyl sites for hydroxylation is 1. The molecule has 2 rings (SSSR count). The molecule has 15 heavy (non-hydrogen) atoms. The van der Waals surface area contributed by atoms with Crippen molar-refractivity contribution in [3.05, 3.63) is 17.5 Å². The summed E-state index contributed by atoms with van der Waals surface area (Å²) in [5.41, 5.74) is 1.98. The Labute approximate surface area is 100.0 Å². The van der Waals surface area contributed by atoms with Gasteiger partial charge < -0.3 is 4.74 Å². The molecule has 0 saturated carbocycles. The first-order chi connectivity index (χ1) is 6.24. The molecule has 1 unspecified atom stereocenters. The lowest BCUT2D eigenvalue weighted by atomic mass is 10.2. The first kappa shape index (κ1) is 14.2. The van der Waals surface area contributed by atoms with Crippen molar-refractivity contribution < 1.29 is 9.53 Å². The number of hydrogen-bond acceptors (Lipinski definition) is 4. The fraction of sp³-hybridized carbons (Fsp3) is 0.500. The average molecular weight is 254 g/mol. The Kier molecular flexibility index (Phi) is 5.07.